The average Bonchev–Trinajstić information content (AvgIpc) is 3.27. The Labute approximate surface area is 184 Å². The number of nitrogens with zero attached hydrogens (tertiary/aromatic N) is 2. The second-order valence-corrected chi connectivity index (χ2v) is 7.49. The number of carbonyl (C=O) groups excluding carboxylic acids is 2. The van der Waals surface area contributed by atoms with E-state index in [2.05, 4.69) is 10.2 Å². The quantitative estimate of drug-likeness (QED) is 0.608. The third kappa shape index (κ3) is 4.38. The number of nitrogens with one attached hydrogen (secondary N) is 1. The molecule has 1 aliphatic heterocycles. The number of para-hydroxylation sites is 1. The van der Waals surface area contributed by atoms with Gasteiger partial charge in [-0.2, -0.15) is 0 Å². The topological polar surface area (TPSA) is 95.2 Å². The van der Waals surface area contributed by atoms with E-state index in [0.29, 0.717) is 42.9 Å². The molecule has 1 fully saturated rings. The highest BCUT2D eigenvalue weighted by molar-refractivity contribution is 5.99. The molecule has 1 unspecified atom stereocenters. The van der Waals surface area contributed by atoms with Gasteiger partial charge in [-0.25, -0.2) is 4.39 Å². The molecule has 0 spiro atoms. The first-order valence-electron chi connectivity index (χ1n) is 10.3. The number of anilines is 1. The van der Waals surface area contributed by atoms with Crippen LogP contribution in [-0.4, -0.2) is 67.8 Å². The van der Waals surface area contributed by atoms with Crippen LogP contribution >= 0.6 is 0 Å². The van der Waals surface area contributed by atoms with Gasteiger partial charge in [0.25, 0.3) is 5.91 Å². The van der Waals surface area contributed by atoms with Gasteiger partial charge in [-0.05, 0) is 36.4 Å². The van der Waals surface area contributed by atoms with E-state index >= 15 is 0 Å². The van der Waals surface area contributed by atoms with Gasteiger partial charge >= 0.3 is 0 Å². The van der Waals surface area contributed by atoms with Crippen LogP contribution in [0, 0.1) is 5.82 Å². The summed E-state index contributed by atoms with van der Waals surface area (Å²) in [5.41, 5.74) is 1.31. The number of aliphatic hydroxyl groups is 1. The summed E-state index contributed by atoms with van der Waals surface area (Å²) in [5.74, 6) is -0.742. The van der Waals surface area contributed by atoms with Crippen molar-refractivity contribution in [3.05, 3.63) is 60.1 Å². The molecule has 9 heteroatoms. The highest BCUT2D eigenvalue weighted by atomic mass is 19.1. The molecule has 2 heterocycles. The molecule has 168 valence electrons. The lowest BCUT2D eigenvalue weighted by Gasteiger charge is -2.37. The van der Waals surface area contributed by atoms with Crippen molar-refractivity contribution in [3.8, 4) is 5.75 Å². The molecule has 8 nitrogen and oxygen atoms in total. The number of aliphatic hydroxyl groups excluding tert-OH is 1. The number of amides is 2. The molecule has 1 aromatic heterocycles. The Bertz CT molecular complexity index is 1110. The van der Waals surface area contributed by atoms with E-state index in [4.69, 9.17) is 9.15 Å². The SMILES string of the molecule is COc1cccc2cc(C(=O)NC(CO)C(=O)N3CCN(c4ccc(F)cc4)CC3)oc12. The first-order valence-corrected chi connectivity index (χ1v) is 10.3. The monoisotopic (exact) mass is 441 g/mol. The minimum atomic E-state index is -1.09. The van der Waals surface area contributed by atoms with Crippen molar-refractivity contribution in [1.29, 1.82) is 0 Å². The smallest absolute Gasteiger partial charge is 0.287 e. The Balaban J connectivity index is 1.39. The summed E-state index contributed by atoms with van der Waals surface area (Å²) in [4.78, 5) is 29.2. The Hall–Kier alpha value is -3.59. The lowest BCUT2D eigenvalue weighted by molar-refractivity contribution is -0.134. The van der Waals surface area contributed by atoms with Gasteiger partial charge in [0.1, 0.15) is 11.9 Å². The molecule has 2 aromatic carbocycles. The van der Waals surface area contributed by atoms with Gasteiger partial charge in [-0.15, -0.1) is 0 Å². The lowest BCUT2D eigenvalue weighted by Crippen LogP contribution is -2.56. The number of benzene rings is 2. The third-order valence-corrected chi connectivity index (χ3v) is 5.52. The number of hydrogen-bond acceptors (Lipinski definition) is 6. The number of rotatable bonds is 6. The zero-order valence-electron chi connectivity index (χ0n) is 17.6. The summed E-state index contributed by atoms with van der Waals surface area (Å²) in [6.45, 7) is 1.43. The first kappa shape index (κ1) is 21.6. The van der Waals surface area contributed by atoms with Crippen molar-refractivity contribution in [2.45, 2.75) is 6.04 Å². The average molecular weight is 441 g/mol. The van der Waals surface area contributed by atoms with Crippen molar-refractivity contribution in [1.82, 2.24) is 10.2 Å². The second-order valence-electron chi connectivity index (χ2n) is 7.49. The predicted molar refractivity (Wildman–Crippen MR) is 116 cm³/mol. The molecule has 2 N–H and O–H groups in total. The highest BCUT2D eigenvalue weighted by Crippen LogP contribution is 2.28. The Kier molecular flexibility index (Phi) is 6.27. The summed E-state index contributed by atoms with van der Waals surface area (Å²) < 4.78 is 24.0. The van der Waals surface area contributed by atoms with E-state index < -0.39 is 18.6 Å². The summed E-state index contributed by atoms with van der Waals surface area (Å²) in [5, 5.41) is 13.0. The molecule has 1 saturated heterocycles. The van der Waals surface area contributed by atoms with Gasteiger partial charge in [-0.3, -0.25) is 9.59 Å². The van der Waals surface area contributed by atoms with Crippen LogP contribution in [0.15, 0.2) is 52.9 Å². The van der Waals surface area contributed by atoms with E-state index in [1.54, 1.807) is 41.3 Å². The largest absolute Gasteiger partial charge is 0.493 e. The predicted octanol–water partition coefficient (Wildman–Crippen LogP) is 2.02. The minimum Gasteiger partial charge on any atom is -0.493 e. The lowest BCUT2D eigenvalue weighted by atomic mass is 10.2. The standard InChI is InChI=1S/C23H24FN3O5/c1-31-19-4-2-3-15-13-20(32-21(15)19)22(29)25-18(14-28)23(30)27-11-9-26(10-12-27)17-7-5-16(24)6-8-17/h2-8,13,18,28H,9-12,14H2,1H3,(H,25,29). The molecule has 0 saturated carbocycles. The van der Waals surface area contributed by atoms with Gasteiger partial charge in [0, 0.05) is 37.3 Å². The van der Waals surface area contributed by atoms with Crippen LogP contribution < -0.4 is 15.0 Å². The van der Waals surface area contributed by atoms with E-state index in [-0.39, 0.29) is 17.5 Å². The Morgan fingerprint density at radius 3 is 2.53 bits per heavy atom. The van der Waals surface area contributed by atoms with E-state index in [0.717, 1.165) is 5.69 Å². The van der Waals surface area contributed by atoms with Crippen LogP contribution in [0.1, 0.15) is 10.6 Å². The molecule has 0 aliphatic carbocycles. The van der Waals surface area contributed by atoms with Crippen LogP contribution in [0.4, 0.5) is 10.1 Å². The van der Waals surface area contributed by atoms with Gasteiger partial charge in [0.2, 0.25) is 5.91 Å². The molecule has 3 aromatic rings. The maximum atomic E-state index is 13.1. The van der Waals surface area contributed by atoms with Crippen LogP contribution in [0.3, 0.4) is 0 Å². The molecular weight excluding hydrogens is 417 g/mol. The number of furan rings is 1. The molecular formula is C23H24FN3O5. The van der Waals surface area contributed by atoms with Crippen molar-refractivity contribution in [2.24, 2.45) is 0 Å². The van der Waals surface area contributed by atoms with Crippen LogP contribution in [0.5, 0.6) is 5.75 Å². The van der Waals surface area contributed by atoms with Gasteiger partial charge < -0.3 is 29.4 Å². The maximum absolute atomic E-state index is 13.1. The van der Waals surface area contributed by atoms with Gasteiger partial charge in [0.15, 0.2) is 17.1 Å². The Morgan fingerprint density at radius 1 is 1.16 bits per heavy atom. The molecule has 1 aliphatic rings. The highest BCUT2D eigenvalue weighted by Gasteiger charge is 2.29. The third-order valence-electron chi connectivity index (χ3n) is 5.52. The summed E-state index contributed by atoms with van der Waals surface area (Å²) in [6.07, 6.45) is 0. The first-order chi connectivity index (χ1) is 15.5. The number of halogens is 1. The molecule has 0 radical (unpaired) electrons. The normalized spacial score (nSPS) is 15.0. The number of fused-ring (bicyclic) bond motifs is 1. The summed E-state index contributed by atoms with van der Waals surface area (Å²) in [6, 6.07) is 12.0. The minimum absolute atomic E-state index is 0.0249. The zero-order chi connectivity index (χ0) is 22.7. The van der Waals surface area contributed by atoms with Crippen LogP contribution in [0.2, 0.25) is 0 Å². The van der Waals surface area contributed by atoms with E-state index in [9.17, 15) is 19.1 Å². The fourth-order valence-electron chi connectivity index (χ4n) is 3.78. The molecule has 2 amide bonds. The zero-order valence-corrected chi connectivity index (χ0v) is 17.6. The van der Waals surface area contributed by atoms with Crippen LogP contribution in [0.25, 0.3) is 11.0 Å². The summed E-state index contributed by atoms with van der Waals surface area (Å²) >= 11 is 0. The molecule has 0 bridgehead atoms. The maximum Gasteiger partial charge on any atom is 0.287 e. The fourth-order valence-corrected chi connectivity index (χ4v) is 3.78. The van der Waals surface area contributed by atoms with Crippen molar-refractivity contribution >= 4 is 28.5 Å². The van der Waals surface area contributed by atoms with Gasteiger partial charge in [0.05, 0.1) is 13.7 Å². The fraction of sp³-hybridized carbons (Fsp3) is 0.304. The summed E-state index contributed by atoms with van der Waals surface area (Å²) in [7, 11) is 1.51. The number of ether oxygens (including phenoxy) is 1. The van der Waals surface area contributed by atoms with Crippen molar-refractivity contribution in [2.75, 3.05) is 44.8 Å². The molecule has 1 atom stereocenters. The van der Waals surface area contributed by atoms with Crippen LogP contribution in [-0.2, 0) is 4.79 Å². The van der Waals surface area contributed by atoms with Crippen molar-refractivity contribution in [3.63, 3.8) is 0 Å². The number of methoxy groups -OCH3 is 1. The number of carbonyl (C=O) groups is 2. The number of piperazine rings is 1. The Morgan fingerprint density at radius 2 is 1.88 bits per heavy atom. The van der Waals surface area contributed by atoms with E-state index in [1.165, 1.54) is 19.2 Å². The van der Waals surface area contributed by atoms with E-state index in [1.807, 2.05) is 0 Å². The van der Waals surface area contributed by atoms with Crippen molar-refractivity contribution < 1.29 is 28.2 Å². The number of hydrogen-bond donors (Lipinski definition) is 2. The molecule has 32 heavy (non-hydrogen) atoms. The second kappa shape index (κ2) is 9.27. The molecule has 4 rings (SSSR count). The van der Waals surface area contributed by atoms with Gasteiger partial charge in [-0.1, -0.05) is 12.1 Å².